The number of unbranched alkanes of at least 4 members (excludes halogenated alkanes) is 2. The molecule has 3 atom stereocenters. The minimum Gasteiger partial charge on any atom is -0.440 e. The SMILES string of the molecule is CCC(O)CCCCCC(CNC(=O)[C@@H]1CSC(=O)N1)c1ncc(-c2ccccc2)o1. The maximum absolute atomic E-state index is 12.4. The highest BCUT2D eigenvalue weighted by atomic mass is 32.2. The van der Waals surface area contributed by atoms with Crippen LogP contribution in [-0.4, -0.2) is 45.7 Å². The van der Waals surface area contributed by atoms with E-state index in [1.165, 1.54) is 0 Å². The van der Waals surface area contributed by atoms with Crippen LogP contribution in [0.3, 0.4) is 0 Å². The minimum atomic E-state index is -0.488. The average Bonchev–Trinajstić information content (AvgIpc) is 3.45. The van der Waals surface area contributed by atoms with E-state index >= 15 is 0 Å². The molecule has 0 spiro atoms. The van der Waals surface area contributed by atoms with Crippen LogP contribution in [0.4, 0.5) is 4.79 Å². The topological polar surface area (TPSA) is 104 Å². The molecule has 1 saturated heterocycles. The van der Waals surface area contributed by atoms with Crippen LogP contribution in [0, 0.1) is 0 Å². The van der Waals surface area contributed by atoms with Gasteiger partial charge in [-0.15, -0.1) is 0 Å². The molecule has 1 fully saturated rings. The van der Waals surface area contributed by atoms with E-state index in [0.717, 1.165) is 55.9 Å². The lowest BCUT2D eigenvalue weighted by molar-refractivity contribution is -0.122. The van der Waals surface area contributed by atoms with E-state index in [9.17, 15) is 14.7 Å². The van der Waals surface area contributed by atoms with Crippen molar-refractivity contribution >= 4 is 22.9 Å². The fourth-order valence-electron chi connectivity index (χ4n) is 3.55. The number of hydrogen-bond donors (Lipinski definition) is 3. The molecule has 2 aromatic rings. The number of rotatable bonds is 12. The predicted octanol–water partition coefficient (Wildman–Crippen LogP) is 4.09. The van der Waals surface area contributed by atoms with Crippen molar-refractivity contribution in [3.8, 4) is 11.3 Å². The molecule has 2 unspecified atom stereocenters. The number of aliphatic hydroxyl groups excluding tert-OH is 1. The van der Waals surface area contributed by atoms with Crippen molar-refractivity contribution in [3.63, 3.8) is 0 Å². The lowest BCUT2D eigenvalue weighted by Crippen LogP contribution is -2.44. The van der Waals surface area contributed by atoms with Gasteiger partial charge in [0.1, 0.15) is 6.04 Å². The fourth-order valence-corrected chi connectivity index (χ4v) is 4.33. The van der Waals surface area contributed by atoms with Crippen LogP contribution in [0.2, 0.25) is 0 Å². The molecule has 1 aliphatic heterocycles. The summed E-state index contributed by atoms with van der Waals surface area (Å²) in [6.07, 6.45) is 6.85. The molecule has 0 bridgehead atoms. The van der Waals surface area contributed by atoms with Crippen LogP contribution in [0.5, 0.6) is 0 Å². The number of aromatic nitrogens is 1. The highest BCUT2D eigenvalue weighted by Gasteiger charge is 2.29. The molecule has 0 aliphatic carbocycles. The van der Waals surface area contributed by atoms with Crippen molar-refractivity contribution in [1.82, 2.24) is 15.6 Å². The summed E-state index contributed by atoms with van der Waals surface area (Å²) < 4.78 is 6.04. The Hall–Kier alpha value is -2.32. The summed E-state index contributed by atoms with van der Waals surface area (Å²) in [7, 11) is 0. The quantitative estimate of drug-likeness (QED) is 0.425. The number of aliphatic hydroxyl groups is 1. The van der Waals surface area contributed by atoms with Crippen molar-refractivity contribution in [1.29, 1.82) is 0 Å². The number of amides is 2. The molecule has 3 N–H and O–H groups in total. The first-order valence-electron chi connectivity index (χ1n) is 11.0. The molecule has 2 amide bonds. The lowest BCUT2D eigenvalue weighted by Gasteiger charge is -2.17. The second kappa shape index (κ2) is 11.9. The zero-order valence-corrected chi connectivity index (χ0v) is 18.7. The molecule has 0 radical (unpaired) electrons. The zero-order valence-electron chi connectivity index (χ0n) is 17.9. The highest BCUT2D eigenvalue weighted by molar-refractivity contribution is 8.14. The largest absolute Gasteiger partial charge is 0.440 e. The smallest absolute Gasteiger partial charge is 0.279 e. The molecular formula is C23H31N3O4S. The van der Waals surface area contributed by atoms with Crippen molar-refractivity contribution in [2.45, 2.75) is 63.5 Å². The number of nitrogens with zero attached hydrogens (tertiary/aromatic N) is 1. The summed E-state index contributed by atoms with van der Waals surface area (Å²) in [6, 6.07) is 9.32. The molecule has 1 aliphatic rings. The number of hydrogen-bond acceptors (Lipinski definition) is 6. The zero-order chi connectivity index (χ0) is 22.1. The minimum absolute atomic E-state index is 0.0535. The van der Waals surface area contributed by atoms with Crippen molar-refractivity contribution in [2.24, 2.45) is 0 Å². The van der Waals surface area contributed by atoms with Gasteiger partial charge in [-0.2, -0.15) is 0 Å². The van der Waals surface area contributed by atoms with Gasteiger partial charge in [0.2, 0.25) is 5.91 Å². The Balaban J connectivity index is 1.59. The van der Waals surface area contributed by atoms with E-state index in [0.29, 0.717) is 23.9 Å². The van der Waals surface area contributed by atoms with Crippen molar-refractivity contribution in [2.75, 3.05) is 12.3 Å². The van der Waals surface area contributed by atoms with Crippen molar-refractivity contribution in [3.05, 3.63) is 42.4 Å². The summed E-state index contributed by atoms with van der Waals surface area (Å²) in [5, 5.41) is 15.2. The van der Waals surface area contributed by atoms with Crippen LogP contribution in [-0.2, 0) is 4.79 Å². The third-order valence-electron chi connectivity index (χ3n) is 5.50. The summed E-state index contributed by atoms with van der Waals surface area (Å²) >= 11 is 1.13. The van der Waals surface area contributed by atoms with Crippen LogP contribution < -0.4 is 10.6 Å². The average molecular weight is 446 g/mol. The Morgan fingerprint density at radius 3 is 2.77 bits per heavy atom. The number of benzene rings is 1. The Morgan fingerprint density at radius 2 is 2.06 bits per heavy atom. The van der Waals surface area contributed by atoms with Gasteiger partial charge in [-0.25, -0.2) is 4.98 Å². The molecule has 1 aromatic carbocycles. The number of carbonyl (C=O) groups is 2. The maximum atomic E-state index is 12.4. The molecule has 3 rings (SSSR count). The van der Waals surface area contributed by atoms with Gasteiger partial charge in [-0.05, 0) is 19.3 Å². The molecular weight excluding hydrogens is 414 g/mol. The van der Waals surface area contributed by atoms with Crippen LogP contribution in [0.15, 0.2) is 40.9 Å². The van der Waals surface area contributed by atoms with Gasteiger partial charge in [0.15, 0.2) is 11.7 Å². The molecule has 8 heteroatoms. The Kier molecular flexibility index (Phi) is 8.97. The summed E-state index contributed by atoms with van der Waals surface area (Å²) in [4.78, 5) is 28.3. The van der Waals surface area contributed by atoms with Gasteiger partial charge in [-0.3, -0.25) is 9.59 Å². The first kappa shape index (κ1) is 23.3. The second-order valence-electron chi connectivity index (χ2n) is 7.87. The summed E-state index contributed by atoms with van der Waals surface area (Å²) in [5.41, 5.74) is 0.961. The van der Waals surface area contributed by atoms with E-state index in [1.807, 2.05) is 37.3 Å². The van der Waals surface area contributed by atoms with Gasteiger partial charge in [-0.1, -0.05) is 68.3 Å². The van der Waals surface area contributed by atoms with E-state index in [2.05, 4.69) is 15.6 Å². The highest BCUT2D eigenvalue weighted by Crippen LogP contribution is 2.27. The van der Waals surface area contributed by atoms with E-state index in [-0.39, 0.29) is 23.2 Å². The normalized spacial score (nSPS) is 17.9. The first-order chi connectivity index (χ1) is 15.1. The van der Waals surface area contributed by atoms with Gasteiger partial charge in [0, 0.05) is 17.9 Å². The summed E-state index contributed by atoms with van der Waals surface area (Å²) in [6.45, 7) is 2.39. The third-order valence-corrected chi connectivity index (χ3v) is 6.38. The van der Waals surface area contributed by atoms with Crippen LogP contribution >= 0.6 is 11.8 Å². The molecule has 31 heavy (non-hydrogen) atoms. The fraction of sp³-hybridized carbons (Fsp3) is 0.522. The van der Waals surface area contributed by atoms with E-state index < -0.39 is 6.04 Å². The number of thioether (sulfide) groups is 1. The second-order valence-corrected chi connectivity index (χ2v) is 8.86. The van der Waals surface area contributed by atoms with E-state index in [4.69, 9.17) is 4.42 Å². The Morgan fingerprint density at radius 1 is 1.29 bits per heavy atom. The molecule has 0 saturated carbocycles. The van der Waals surface area contributed by atoms with Gasteiger partial charge >= 0.3 is 0 Å². The first-order valence-corrected chi connectivity index (χ1v) is 12.0. The Labute approximate surface area is 187 Å². The molecule has 2 heterocycles. The molecule has 7 nitrogen and oxygen atoms in total. The van der Waals surface area contributed by atoms with Gasteiger partial charge in [0.05, 0.1) is 18.2 Å². The van der Waals surface area contributed by atoms with Crippen LogP contribution in [0.1, 0.15) is 57.3 Å². The number of nitrogens with one attached hydrogen (secondary N) is 2. The Bertz CT molecular complexity index is 842. The maximum Gasteiger partial charge on any atom is 0.279 e. The standard InChI is InChI=1S/C23H31N3O4S/c1-2-18(27)12-8-4-7-11-17(13-24-21(28)19-15-31-23(29)26-19)22-25-14-20(30-22)16-9-5-3-6-10-16/h3,5-6,9-10,14,17-19,27H,2,4,7-8,11-13,15H2,1H3,(H,24,28)(H,26,29)/t17?,18?,19-/m0/s1. The number of oxazole rings is 1. The monoisotopic (exact) mass is 445 g/mol. The third kappa shape index (κ3) is 7.11. The predicted molar refractivity (Wildman–Crippen MR) is 122 cm³/mol. The molecule has 1 aromatic heterocycles. The van der Waals surface area contributed by atoms with Gasteiger partial charge < -0.3 is 20.2 Å². The van der Waals surface area contributed by atoms with E-state index in [1.54, 1.807) is 6.20 Å². The van der Waals surface area contributed by atoms with Crippen LogP contribution in [0.25, 0.3) is 11.3 Å². The summed E-state index contributed by atoms with van der Waals surface area (Å²) in [5.74, 6) is 1.54. The number of carbonyl (C=O) groups excluding carboxylic acids is 2. The lowest BCUT2D eigenvalue weighted by atomic mass is 9.99. The van der Waals surface area contributed by atoms with Crippen molar-refractivity contribution < 1.29 is 19.1 Å². The van der Waals surface area contributed by atoms with Gasteiger partial charge in [0.25, 0.3) is 5.24 Å². The molecule has 168 valence electrons.